The third-order valence-corrected chi connectivity index (χ3v) is 15.5. The van der Waals surface area contributed by atoms with Crippen LogP contribution in [-0.2, 0) is 0 Å². The summed E-state index contributed by atoms with van der Waals surface area (Å²) in [4.78, 5) is 0. The van der Waals surface area contributed by atoms with Gasteiger partial charge in [0.25, 0.3) is 0 Å². The SMILES string of the molecule is CCCCCCCCCCCCCCCCCC[P+](CC)(CC)CCCCCCCCCCCCCCCCCC.[I-]. The fraction of sp³-hybridized carbons (Fsp3) is 1.00. The van der Waals surface area contributed by atoms with Gasteiger partial charge in [0.2, 0.25) is 0 Å². The standard InChI is InChI=1S/C40H84P.HI/c1-5-9-11-13-15-17-19-21-23-25-27-29-31-33-35-37-39-41(7-3,8-4)40-38-36-34-32-30-28-26-24-22-20-18-16-14-12-10-6-2;/h5-40H2,1-4H3;1H/q+1;/p-1. The molecule has 0 nitrogen and oxygen atoms in total. The largest absolute Gasteiger partial charge is 1.00 e. The van der Waals surface area contributed by atoms with Gasteiger partial charge in [-0.2, -0.15) is 0 Å². The molecule has 0 aliphatic heterocycles. The molecular weight excluding hydrogens is 638 g/mol. The van der Waals surface area contributed by atoms with Crippen LogP contribution in [0.5, 0.6) is 0 Å². The van der Waals surface area contributed by atoms with Gasteiger partial charge in [-0.1, -0.05) is 194 Å². The minimum Gasteiger partial charge on any atom is -1.00 e. The monoisotopic (exact) mass is 723 g/mol. The highest BCUT2D eigenvalue weighted by atomic mass is 127. The number of hydrogen-bond acceptors (Lipinski definition) is 0. The first-order chi connectivity index (χ1) is 20.2. The third-order valence-electron chi connectivity index (χ3n) is 10.3. The number of hydrogen-bond donors (Lipinski definition) is 0. The number of rotatable bonds is 36. The van der Waals surface area contributed by atoms with Gasteiger partial charge in [-0.05, 0) is 39.5 Å². The smallest absolute Gasteiger partial charge is 0.0594 e. The molecule has 42 heavy (non-hydrogen) atoms. The molecule has 0 bridgehead atoms. The summed E-state index contributed by atoms with van der Waals surface area (Å²) in [6.07, 6.45) is 53.8. The van der Waals surface area contributed by atoms with Crippen LogP contribution in [0.15, 0.2) is 0 Å². The zero-order valence-electron chi connectivity index (χ0n) is 30.3. The van der Waals surface area contributed by atoms with Crippen LogP contribution in [0.25, 0.3) is 0 Å². The molecule has 0 aromatic carbocycles. The Bertz CT molecular complexity index is 423. The number of halogens is 1. The lowest BCUT2D eigenvalue weighted by molar-refractivity contribution is -0.00000927. The van der Waals surface area contributed by atoms with Crippen molar-refractivity contribution in [3.63, 3.8) is 0 Å². The van der Waals surface area contributed by atoms with Crippen molar-refractivity contribution in [3.05, 3.63) is 0 Å². The summed E-state index contributed by atoms with van der Waals surface area (Å²) in [5, 5.41) is 0. The zero-order chi connectivity index (χ0) is 30.0. The Morgan fingerprint density at radius 1 is 0.238 bits per heavy atom. The molecule has 0 rings (SSSR count). The van der Waals surface area contributed by atoms with Crippen LogP contribution < -0.4 is 24.0 Å². The van der Waals surface area contributed by atoms with Crippen molar-refractivity contribution in [2.75, 3.05) is 24.6 Å². The van der Waals surface area contributed by atoms with Crippen molar-refractivity contribution >= 4 is 7.26 Å². The Balaban J connectivity index is 0. The normalized spacial score (nSPS) is 11.7. The van der Waals surface area contributed by atoms with Crippen molar-refractivity contribution in [3.8, 4) is 0 Å². The van der Waals surface area contributed by atoms with Gasteiger partial charge < -0.3 is 24.0 Å². The molecule has 0 saturated carbocycles. The van der Waals surface area contributed by atoms with E-state index in [1.165, 1.54) is 218 Å². The molecular formula is C40H84IP. The zero-order valence-corrected chi connectivity index (χ0v) is 33.3. The lowest BCUT2D eigenvalue weighted by Crippen LogP contribution is -3.00. The van der Waals surface area contributed by atoms with Gasteiger partial charge in [0.05, 0.1) is 24.6 Å². The molecule has 0 N–H and O–H groups in total. The first kappa shape index (κ1) is 45.3. The lowest BCUT2D eigenvalue weighted by atomic mass is 10.0. The highest BCUT2D eigenvalue weighted by Gasteiger charge is 2.31. The highest BCUT2D eigenvalue weighted by molar-refractivity contribution is 7.75. The molecule has 0 unspecified atom stereocenters. The average molecular weight is 723 g/mol. The van der Waals surface area contributed by atoms with Crippen LogP contribution in [0.4, 0.5) is 0 Å². The first-order valence-electron chi connectivity index (χ1n) is 20.1. The summed E-state index contributed by atoms with van der Waals surface area (Å²) in [6, 6.07) is 0. The van der Waals surface area contributed by atoms with E-state index in [-0.39, 0.29) is 24.0 Å². The molecule has 0 heterocycles. The lowest BCUT2D eigenvalue weighted by Gasteiger charge is -2.25. The van der Waals surface area contributed by atoms with Gasteiger partial charge in [-0.25, -0.2) is 0 Å². The van der Waals surface area contributed by atoms with E-state index in [0.717, 1.165) is 0 Å². The van der Waals surface area contributed by atoms with E-state index in [1.807, 2.05) is 0 Å². The van der Waals surface area contributed by atoms with Crippen LogP contribution in [0.1, 0.15) is 233 Å². The van der Waals surface area contributed by atoms with Crippen molar-refractivity contribution in [1.82, 2.24) is 0 Å². The van der Waals surface area contributed by atoms with E-state index in [1.54, 1.807) is 12.3 Å². The van der Waals surface area contributed by atoms with Crippen molar-refractivity contribution < 1.29 is 24.0 Å². The minimum atomic E-state index is -0.634. The Hall–Kier alpha value is 1.16. The maximum absolute atomic E-state index is 2.52. The second-order valence-corrected chi connectivity index (χ2v) is 18.9. The van der Waals surface area contributed by atoms with Crippen LogP contribution in [0, 0.1) is 0 Å². The molecule has 0 saturated heterocycles. The van der Waals surface area contributed by atoms with Crippen LogP contribution in [-0.4, -0.2) is 24.6 Å². The Kier molecular flexibility index (Phi) is 41.3. The fourth-order valence-electron chi connectivity index (χ4n) is 6.96. The van der Waals surface area contributed by atoms with Gasteiger partial charge in [0.1, 0.15) is 0 Å². The summed E-state index contributed by atoms with van der Waals surface area (Å²) >= 11 is 0. The second-order valence-electron chi connectivity index (χ2n) is 14.0. The van der Waals surface area contributed by atoms with Crippen LogP contribution in [0.2, 0.25) is 0 Å². The summed E-state index contributed by atoms with van der Waals surface area (Å²) in [5.74, 6) is 0. The van der Waals surface area contributed by atoms with Gasteiger partial charge in [0, 0.05) is 7.26 Å². The van der Waals surface area contributed by atoms with Gasteiger partial charge >= 0.3 is 0 Å². The topological polar surface area (TPSA) is 0 Å². The summed E-state index contributed by atoms with van der Waals surface area (Å²) in [6.45, 7) is 9.67. The molecule has 0 aromatic rings. The summed E-state index contributed by atoms with van der Waals surface area (Å²) in [7, 11) is -0.634. The van der Waals surface area contributed by atoms with E-state index in [2.05, 4.69) is 27.7 Å². The molecule has 0 atom stereocenters. The summed E-state index contributed by atoms with van der Waals surface area (Å²) in [5.41, 5.74) is 0. The minimum absolute atomic E-state index is 0. The molecule has 0 spiro atoms. The average Bonchev–Trinajstić information content (AvgIpc) is 2.99. The maximum atomic E-state index is 2.52. The Morgan fingerprint density at radius 3 is 0.571 bits per heavy atom. The quantitative estimate of drug-likeness (QED) is 0.0343. The van der Waals surface area contributed by atoms with E-state index < -0.39 is 7.26 Å². The molecule has 0 fully saturated rings. The van der Waals surface area contributed by atoms with Crippen LogP contribution >= 0.6 is 7.26 Å². The summed E-state index contributed by atoms with van der Waals surface area (Å²) < 4.78 is 0. The molecule has 256 valence electrons. The fourth-order valence-corrected chi connectivity index (χ4v) is 10.7. The van der Waals surface area contributed by atoms with Crippen molar-refractivity contribution in [2.24, 2.45) is 0 Å². The Morgan fingerprint density at radius 2 is 0.405 bits per heavy atom. The first-order valence-corrected chi connectivity index (χ1v) is 22.6. The predicted molar refractivity (Wildman–Crippen MR) is 197 cm³/mol. The third kappa shape index (κ3) is 32.6. The predicted octanol–water partition coefficient (Wildman–Crippen LogP) is 12.6. The Labute approximate surface area is 287 Å². The molecule has 2 heteroatoms. The molecule has 0 radical (unpaired) electrons. The second kappa shape index (κ2) is 38.3. The highest BCUT2D eigenvalue weighted by Crippen LogP contribution is 2.59. The van der Waals surface area contributed by atoms with Gasteiger partial charge in [0.15, 0.2) is 0 Å². The van der Waals surface area contributed by atoms with Gasteiger partial charge in [-0.3, -0.25) is 0 Å². The molecule has 0 aliphatic rings. The molecule has 0 amide bonds. The molecule has 0 aliphatic carbocycles. The van der Waals surface area contributed by atoms with Gasteiger partial charge in [-0.15, -0.1) is 0 Å². The van der Waals surface area contributed by atoms with E-state index >= 15 is 0 Å². The maximum Gasteiger partial charge on any atom is 0.0594 e. The number of unbranched alkanes of at least 4 members (excludes halogenated alkanes) is 30. The van der Waals surface area contributed by atoms with Crippen LogP contribution in [0.3, 0.4) is 0 Å². The van der Waals surface area contributed by atoms with E-state index in [9.17, 15) is 0 Å². The van der Waals surface area contributed by atoms with Crippen molar-refractivity contribution in [1.29, 1.82) is 0 Å². The molecule has 0 aromatic heterocycles. The van der Waals surface area contributed by atoms with Crippen molar-refractivity contribution in [2.45, 2.75) is 233 Å². The van der Waals surface area contributed by atoms with E-state index in [0.29, 0.717) is 0 Å². The van der Waals surface area contributed by atoms with E-state index in [4.69, 9.17) is 0 Å².